The van der Waals surface area contributed by atoms with Crippen LogP contribution in [0.3, 0.4) is 0 Å². The molecule has 0 atom stereocenters. The zero-order valence-corrected chi connectivity index (χ0v) is 17.4. The maximum atomic E-state index is 13.0. The van der Waals surface area contributed by atoms with Crippen LogP contribution < -0.4 is 19.5 Å². The normalized spacial score (nSPS) is 10.4. The number of nitrogens with one attached hydrogen (secondary N) is 1. The molecule has 0 spiro atoms. The van der Waals surface area contributed by atoms with E-state index in [2.05, 4.69) is 10.3 Å². The van der Waals surface area contributed by atoms with E-state index in [0.717, 1.165) is 11.1 Å². The number of rotatable bonds is 8. The van der Waals surface area contributed by atoms with Crippen molar-refractivity contribution in [3.63, 3.8) is 0 Å². The smallest absolute Gasteiger partial charge is 0.404 e. The van der Waals surface area contributed by atoms with Crippen molar-refractivity contribution >= 4 is 23.2 Å². The summed E-state index contributed by atoms with van der Waals surface area (Å²) in [6.07, 6.45) is -1.08. The second kappa shape index (κ2) is 9.27. The van der Waals surface area contributed by atoms with Gasteiger partial charge >= 0.3 is 6.09 Å². The largest absolute Gasteiger partial charge is 0.493 e. The molecule has 2 aromatic carbocycles. The highest BCUT2D eigenvalue weighted by Crippen LogP contribution is 2.39. The van der Waals surface area contributed by atoms with Gasteiger partial charge in [0, 0.05) is 23.1 Å². The van der Waals surface area contributed by atoms with Gasteiger partial charge in [0.25, 0.3) is 0 Å². The Hall–Kier alpha value is -3.59. The molecule has 0 radical (unpaired) electrons. The number of hydrogen-bond acceptors (Lipinski definition) is 7. The van der Waals surface area contributed by atoms with Crippen LogP contribution in [0, 0.1) is 0 Å². The van der Waals surface area contributed by atoms with Crippen LogP contribution in [0.4, 0.5) is 4.79 Å². The van der Waals surface area contributed by atoms with Gasteiger partial charge in [-0.1, -0.05) is 24.3 Å². The van der Waals surface area contributed by atoms with Crippen molar-refractivity contribution < 1.29 is 28.9 Å². The molecule has 2 N–H and O–H groups in total. The van der Waals surface area contributed by atoms with Crippen molar-refractivity contribution in [1.29, 1.82) is 0 Å². The number of carbonyl (C=O) groups excluding carboxylic acids is 1. The number of hydrogen-bond donors (Lipinski definition) is 2. The first kappa shape index (κ1) is 21.1. The average Bonchev–Trinajstić information content (AvgIpc) is 3.26. The Balaban J connectivity index is 1.84. The predicted octanol–water partition coefficient (Wildman–Crippen LogP) is 3.83. The van der Waals surface area contributed by atoms with Gasteiger partial charge in [0.15, 0.2) is 11.5 Å². The third-order valence-corrected chi connectivity index (χ3v) is 5.20. The SMILES string of the molecule is COc1cc(C(=O)c2csc(-c3ccc(CNC(=O)O)cc3)n2)cc(OC)c1OC. The minimum absolute atomic E-state index is 0.221. The number of amides is 1. The van der Waals surface area contributed by atoms with Gasteiger partial charge in [-0.25, -0.2) is 9.78 Å². The summed E-state index contributed by atoms with van der Waals surface area (Å²) in [5.74, 6) is 0.925. The van der Waals surface area contributed by atoms with E-state index in [1.165, 1.54) is 32.7 Å². The summed E-state index contributed by atoms with van der Waals surface area (Å²) in [6.45, 7) is 0.221. The molecule has 1 heterocycles. The van der Waals surface area contributed by atoms with Crippen LogP contribution in [0.2, 0.25) is 0 Å². The summed E-state index contributed by atoms with van der Waals surface area (Å²) < 4.78 is 15.9. The van der Waals surface area contributed by atoms with Crippen LogP contribution in [0.15, 0.2) is 41.8 Å². The number of carboxylic acid groups (broad SMARTS) is 1. The minimum Gasteiger partial charge on any atom is -0.493 e. The van der Waals surface area contributed by atoms with Gasteiger partial charge < -0.3 is 24.6 Å². The summed E-state index contributed by atoms with van der Waals surface area (Å²) >= 11 is 1.35. The van der Waals surface area contributed by atoms with Gasteiger partial charge in [-0.15, -0.1) is 11.3 Å². The van der Waals surface area contributed by atoms with Crippen molar-refractivity contribution in [2.24, 2.45) is 0 Å². The topological polar surface area (TPSA) is 107 Å². The number of benzene rings is 2. The fourth-order valence-corrected chi connectivity index (χ4v) is 3.62. The van der Waals surface area contributed by atoms with E-state index >= 15 is 0 Å². The summed E-state index contributed by atoms with van der Waals surface area (Å²) in [5.41, 5.74) is 2.34. The summed E-state index contributed by atoms with van der Waals surface area (Å²) in [6, 6.07) is 10.5. The highest BCUT2D eigenvalue weighted by Gasteiger charge is 2.20. The first-order valence-electron chi connectivity index (χ1n) is 8.83. The van der Waals surface area contributed by atoms with Gasteiger partial charge in [0.1, 0.15) is 10.7 Å². The molecule has 0 aliphatic rings. The van der Waals surface area contributed by atoms with Crippen molar-refractivity contribution in [1.82, 2.24) is 10.3 Å². The zero-order chi connectivity index (χ0) is 21.7. The van der Waals surface area contributed by atoms with E-state index in [1.807, 2.05) is 24.3 Å². The fraction of sp³-hybridized carbons (Fsp3) is 0.190. The lowest BCUT2D eigenvalue weighted by molar-refractivity contribution is 0.103. The molecule has 0 saturated heterocycles. The Morgan fingerprint density at radius 1 is 1.03 bits per heavy atom. The zero-order valence-electron chi connectivity index (χ0n) is 16.6. The molecular weight excluding hydrogens is 408 g/mol. The number of nitrogens with zero attached hydrogens (tertiary/aromatic N) is 1. The first-order valence-corrected chi connectivity index (χ1v) is 9.71. The molecule has 156 valence electrons. The lowest BCUT2D eigenvalue weighted by atomic mass is 10.1. The summed E-state index contributed by atoms with van der Waals surface area (Å²) in [4.78, 5) is 28.0. The Morgan fingerprint density at radius 2 is 1.67 bits per heavy atom. The second-order valence-corrected chi connectivity index (χ2v) is 6.99. The van der Waals surface area contributed by atoms with Crippen molar-refractivity contribution in [2.75, 3.05) is 21.3 Å². The van der Waals surface area contributed by atoms with Gasteiger partial charge in [-0.05, 0) is 17.7 Å². The van der Waals surface area contributed by atoms with E-state index in [4.69, 9.17) is 19.3 Å². The highest BCUT2D eigenvalue weighted by atomic mass is 32.1. The molecule has 3 aromatic rings. The predicted molar refractivity (Wildman–Crippen MR) is 112 cm³/mol. The monoisotopic (exact) mass is 428 g/mol. The third kappa shape index (κ3) is 4.52. The van der Waals surface area contributed by atoms with Gasteiger partial charge in [-0.2, -0.15) is 0 Å². The van der Waals surface area contributed by atoms with Crippen LogP contribution in [-0.2, 0) is 6.54 Å². The second-order valence-electron chi connectivity index (χ2n) is 6.14. The average molecular weight is 428 g/mol. The quantitative estimate of drug-likeness (QED) is 0.525. The van der Waals surface area contributed by atoms with Crippen LogP contribution >= 0.6 is 11.3 Å². The van der Waals surface area contributed by atoms with Crippen LogP contribution in [0.1, 0.15) is 21.6 Å². The molecule has 0 bridgehead atoms. The number of ketones is 1. The molecular formula is C21H20N2O6S. The van der Waals surface area contributed by atoms with E-state index in [9.17, 15) is 9.59 Å². The number of carbonyl (C=O) groups is 2. The van der Waals surface area contributed by atoms with Gasteiger partial charge in [-0.3, -0.25) is 4.79 Å². The molecule has 9 heteroatoms. The molecule has 8 nitrogen and oxygen atoms in total. The van der Waals surface area contributed by atoms with Crippen LogP contribution in [0.25, 0.3) is 10.6 Å². The maximum absolute atomic E-state index is 13.0. The lowest BCUT2D eigenvalue weighted by Crippen LogP contribution is -2.19. The number of ether oxygens (including phenoxy) is 3. The number of thiazole rings is 1. The standard InChI is InChI=1S/C21H20N2O6S/c1-27-16-8-14(9-17(28-2)19(16)29-3)18(24)15-11-30-20(23-15)13-6-4-12(5-7-13)10-22-21(25)26/h4-9,11,22H,10H2,1-3H3,(H,25,26). The Labute approximate surface area is 177 Å². The molecule has 3 rings (SSSR count). The molecule has 30 heavy (non-hydrogen) atoms. The number of aromatic nitrogens is 1. The van der Waals surface area contributed by atoms with Crippen molar-refractivity contribution in [3.05, 3.63) is 58.6 Å². The van der Waals surface area contributed by atoms with Crippen LogP contribution in [-0.4, -0.2) is 43.3 Å². The first-order chi connectivity index (χ1) is 14.5. The van der Waals surface area contributed by atoms with Gasteiger partial charge in [0.05, 0.1) is 21.3 Å². The molecule has 0 saturated carbocycles. The fourth-order valence-electron chi connectivity index (χ4n) is 2.81. The van der Waals surface area contributed by atoms with E-state index in [-0.39, 0.29) is 12.3 Å². The lowest BCUT2D eigenvalue weighted by Gasteiger charge is -2.13. The molecule has 0 fully saturated rings. The van der Waals surface area contributed by atoms with Crippen molar-refractivity contribution in [3.8, 4) is 27.8 Å². The molecule has 1 aromatic heterocycles. The summed E-state index contributed by atoms with van der Waals surface area (Å²) in [7, 11) is 4.47. The molecule has 0 aliphatic heterocycles. The molecule has 1 amide bonds. The summed E-state index contributed by atoms with van der Waals surface area (Å²) in [5, 5.41) is 13.4. The van der Waals surface area contributed by atoms with Crippen LogP contribution in [0.5, 0.6) is 17.2 Å². The Kier molecular flexibility index (Phi) is 6.53. The van der Waals surface area contributed by atoms with E-state index < -0.39 is 6.09 Å². The van der Waals surface area contributed by atoms with Crippen molar-refractivity contribution in [2.45, 2.75) is 6.54 Å². The van der Waals surface area contributed by atoms with Gasteiger partial charge in [0.2, 0.25) is 11.5 Å². The Morgan fingerprint density at radius 3 is 2.20 bits per heavy atom. The molecule has 0 unspecified atom stereocenters. The van der Waals surface area contributed by atoms with E-state index in [0.29, 0.717) is 33.5 Å². The Bertz CT molecular complexity index is 1040. The number of methoxy groups -OCH3 is 3. The minimum atomic E-state index is -1.08. The van der Waals surface area contributed by atoms with E-state index in [1.54, 1.807) is 17.5 Å². The molecule has 0 aliphatic carbocycles. The third-order valence-electron chi connectivity index (χ3n) is 4.31. The maximum Gasteiger partial charge on any atom is 0.404 e. The highest BCUT2D eigenvalue weighted by molar-refractivity contribution is 7.13.